The molecule has 0 radical (unpaired) electrons. The number of carbonyl (C=O) groups excluding carboxylic acids is 1. The third-order valence-corrected chi connectivity index (χ3v) is 6.08. The zero-order valence-corrected chi connectivity index (χ0v) is 16.1. The van der Waals surface area contributed by atoms with Gasteiger partial charge in [0.1, 0.15) is 16.5 Å². The highest BCUT2D eigenvalue weighted by atomic mass is 32.1. The Morgan fingerprint density at radius 1 is 1.37 bits per heavy atom. The average molecular weight is 389 g/mol. The molecular weight excluding hydrogens is 366 g/mol. The maximum atomic E-state index is 12.0. The second-order valence-electron chi connectivity index (χ2n) is 6.64. The molecule has 3 rings (SSSR count). The summed E-state index contributed by atoms with van der Waals surface area (Å²) in [5, 5.41) is 9.76. The highest BCUT2D eigenvalue weighted by molar-refractivity contribution is 7.16. The first-order valence-electron chi connectivity index (χ1n) is 8.60. The highest BCUT2D eigenvalue weighted by Gasteiger charge is 2.38. The van der Waals surface area contributed by atoms with Crippen LogP contribution < -0.4 is 16.2 Å². The number of methoxy groups -OCH3 is 1. The smallest absolute Gasteiger partial charge is 0.338 e. The molecule has 2 atom stereocenters. The lowest BCUT2D eigenvalue weighted by Crippen LogP contribution is -2.47. The van der Waals surface area contributed by atoms with Crippen molar-refractivity contribution in [3.05, 3.63) is 45.8 Å². The molecule has 1 aliphatic rings. The van der Waals surface area contributed by atoms with E-state index in [1.807, 2.05) is 24.3 Å². The first-order chi connectivity index (χ1) is 12.8. The number of carbonyl (C=O) groups is 2. The van der Waals surface area contributed by atoms with Crippen molar-refractivity contribution in [1.29, 1.82) is 0 Å². The number of carboxylic acid groups (broad SMARTS) is 1. The Morgan fingerprint density at radius 2 is 2.04 bits per heavy atom. The quantitative estimate of drug-likeness (QED) is 0.692. The van der Waals surface area contributed by atoms with E-state index in [0.29, 0.717) is 25.1 Å². The Morgan fingerprint density at radius 3 is 2.59 bits per heavy atom. The van der Waals surface area contributed by atoms with Crippen molar-refractivity contribution in [2.75, 3.05) is 19.4 Å². The van der Waals surface area contributed by atoms with Crippen LogP contribution in [0, 0.1) is 0 Å². The van der Waals surface area contributed by atoms with Gasteiger partial charge in [0.15, 0.2) is 0 Å². The number of nitrogens with zero attached hydrogens (tertiary/aromatic N) is 1. The Labute approximate surface area is 161 Å². The van der Waals surface area contributed by atoms with Gasteiger partial charge in [0, 0.05) is 18.0 Å². The minimum absolute atomic E-state index is 0.142. The summed E-state index contributed by atoms with van der Waals surface area (Å²) >= 11 is 1.22. The lowest BCUT2D eigenvalue weighted by molar-refractivity contribution is -0.120. The first kappa shape index (κ1) is 19.3. The van der Waals surface area contributed by atoms with E-state index in [4.69, 9.17) is 16.2 Å². The summed E-state index contributed by atoms with van der Waals surface area (Å²) in [6.45, 7) is 2.65. The molecule has 0 saturated carbocycles. The fourth-order valence-corrected chi connectivity index (χ4v) is 4.83. The van der Waals surface area contributed by atoms with Gasteiger partial charge in [-0.25, -0.2) is 4.79 Å². The van der Waals surface area contributed by atoms with E-state index in [9.17, 15) is 14.7 Å². The van der Waals surface area contributed by atoms with Crippen LogP contribution >= 0.6 is 11.3 Å². The molecule has 5 N–H and O–H groups in total. The van der Waals surface area contributed by atoms with E-state index in [1.54, 1.807) is 7.11 Å². The number of ketones is 1. The zero-order chi connectivity index (χ0) is 19.7. The number of nitrogen functional groups attached to an aromatic ring is 1. The maximum absolute atomic E-state index is 12.0. The number of Topliss-reactive ketones (excluding diaryl/α,β-unsaturated/α-hetero) is 1. The van der Waals surface area contributed by atoms with Crippen molar-refractivity contribution in [3.63, 3.8) is 0 Å². The minimum Gasteiger partial charge on any atom is -0.497 e. The zero-order valence-electron chi connectivity index (χ0n) is 15.3. The van der Waals surface area contributed by atoms with Crippen LogP contribution in [0.3, 0.4) is 0 Å². The number of ether oxygens (including phenoxy) is 1. The van der Waals surface area contributed by atoms with Crippen LogP contribution in [0.15, 0.2) is 24.3 Å². The van der Waals surface area contributed by atoms with Gasteiger partial charge in [-0.2, -0.15) is 0 Å². The van der Waals surface area contributed by atoms with Gasteiger partial charge in [-0.05, 0) is 36.6 Å². The maximum Gasteiger partial charge on any atom is 0.338 e. The number of aromatic carboxylic acids is 1. The molecule has 2 heterocycles. The summed E-state index contributed by atoms with van der Waals surface area (Å²) in [6.07, 6.45) is 0.557. The molecule has 0 bridgehead atoms. The number of hydrogen-bond donors (Lipinski definition) is 3. The van der Waals surface area contributed by atoms with Gasteiger partial charge in [-0.1, -0.05) is 12.1 Å². The predicted molar refractivity (Wildman–Crippen MR) is 104 cm³/mol. The second kappa shape index (κ2) is 7.67. The average Bonchev–Trinajstić information content (AvgIpc) is 2.97. The molecular formula is C19H23N3O4S. The van der Waals surface area contributed by atoms with Crippen molar-refractivity contribution in [2.45, 2.75) is 32.0 Å². The van der Waals surface area contributed by atoms with Gasteiger partial charge >= 0.3 is 5.97 Å². The molecule has 2 unspecified atom stereocenters. The third-order valence-electron chi connectivity index (χ3n) is 4.94. The van der Waals surface area contributed by atoms with Gasteiger partial charge in [-0.3, -0.25) is 9.69 Å². The van der Waals surface area contributed by atoms with Crippen LogP contribution in [0.5, 0.6) is 5.75 Å². The fourth-order valence-electron chi connectivity index (χ4n) is 3.54. The van der Waals surface area contributed by atoms with Gasteiger partial charge in [0.25, 0.3) is 0 Å². The first-order valence-corrected chi connectivity index (χ1v) is 9.42. The SMILES string of the molecule is COc1ccc(CN2CCc3c(sc(N)c3C(=O)O)C2C(N)C(C)=O)cc1. The Hall–Kier alpha value is -2.42. The number of nitrogens with two attached hydrogens (primary N) is 2. The number of carboxylic acids is 1. The van der Waals surface area contributed by atoms with Gasteiger partial charge < -0.3 is 21.3 Å². The molecule has 2 aromatic rings. The van der Waals surface area contributed by atoms with Crippen LogP contribution in [0.4, 0.5) is 5.00 Å². The molecule has 8 heteroatoms. The largest absolute Gasteiger partial charge is 0.497 e. The van der Waals surface area contributed by atoms with Crippen LogP contribution in [-0.4, -0.2) is 41.5 Å². The summed E-state index contributed by atoms with van der Waals surface area (Å²) in [5.74, 6) is -0.408. The highest BCUT2D eigenvalue weighted by Crippen LogP contribution is 2.42. The van der Waals surface area contributed by atoms with E-state index < -0.39 is 18.1 Å². The van der Waals surface area contributed by atoms with Crippen LogP contribution in [0.2, 0.25) is 0 Å². The van der Waals surface area contributed by atoms with Crippen LogP contribution in [0.25, 0.3) is 0 Å². The molecule has 7 nitrogen and oxygen atoms in total. The molecule has 1 aliphatic heterocycles. The molecule has 0 saturated heterocycles. The molecule has 0 aliphatic carbocycles. The molecule has 1 aromatic heterocycles. The second-order valence-corrected chi connectivity index (χ2v) is 7.72. The van der Waals surface area contributed by atoms with Gasteiger partial charge in [0.2, 0.25) is 0 Å². The lowest BCUT2D eigenvalue weighted by atomic mass is 9.91. The Kier molecular flexibility index (Phi) is 5.50. The number of rotatable bonds is 6. The van der Waals surface area contributed by atoms with Crippen molar-refractivity contribution in [3.8, 4) is 5.75 Å². The third kappa shape index (κ3) is 3.69. The number of benzene rings is 1. The summed E-state index contributed by atoms with van der Waals surface area (Å²) in [4.78, 5) is 26.6. The van der Waals surface area contributed by atoms with E-state index in [2.05, 4.69) is 4.90 Å². The Balaban J connectivity index is 1.98. The van der Waals surface area contributed by atoms with E-state index in [0.717, 1.165) is 16.2 Å². The van der Waals surface area contributed by atoms with E-state index >= 15 is 0 Å². The summed E-state index contributed by atoms with van der Waals surface area (Å²) in [6, 6.07) is 6.56. The van der Waals surface area contributed by atoms with Crippen LogP contribution in [-0.2, 0) is 17.8 Å². The van der Waals surface area contributed by atoms with Gasteiger partial charge in [0.05, 0.1) is 24.8 Å². The fraction of sp³-hybridized carbons (Fsp3) is 0.368. The summed E-state index contributed by atoms with van der Waals surface area (Å²) in [5.41, 5.74) is 14.1. The number of hydrogen-bond acceptors (Lipinski definition) is 7. The molecule has 0 spiro atoms. The normalized spacial score (nSPS) is 18.0. The minimum atomic E-state index is -1.04. The molecule has 144 valence electrons. The topological polar surface area (TPSA) is 119 Å². The van der Waals surface area contributed by atoms with Crippen molar-refractivity contribution >= 4 is 28.1 Å². The lowest BCUT2D eigenvalue weighted by Gasteiger charge is -2.38. The van der Waals surface area contributed by atoms with Crippen molar-refractivity contribution in [1.82, 2.24) is 4.90 Å². The van der Waals surface area contributed by atoms with Crippen LogP contribution in [0.1, 0.15) is 39.3 Å². The van der Waals surface area contributed by atoms with Crippen molar-refractivity contribution in [2.24, 2.45) is 5.73 Å². The monoisotopic (exact) mass is 389 g/mol. The Bertz CT molecular complexity index is 863. The standard InChI is InChI=1S/C19H23N3O4S/c1-10(23)15(20)16-17-13(14(19(24)25)18(21)27-17)7-8-22(16)9-11-3-5-12(26-2)6-4-11/h3-6,15-16H,7-9,20-21H2,1-2H3,(H,24,25). The summed E-state index contributed by atoms with van der Waals surface area (Å²) in [7, 11) is 1.62. The van der Waals surface area contributed by atoms with E-state index in [-0.39, 0.29) is 16.3 Å². The van der Waals surface area contributed by atoms with Crippen molar-refractivity contribution < 1.29 is 19.4 Å². The predicted octanol–water partition coefficient (Wildman–Crippen LogP) is 2.05. The molecule has 0 fully saturated rings. The molecule has 27 heavy (non-hydrogen) atoms. The molecule has 0 amide bonds. The molecule has 1 aromatic carbocycles. The number of fused-ring (bicyclic) bond motifs is 1. The number of anilines is 1. The van der Waals surface area contributed by atoms with E-state index in [1.165, 1.54) is 18.3 Å². The van der Waals surface area contributed by atoms with Gasteiger partial charge in [-0.15, -0.1) is 11.3 Å². The number of thiophene rings is 1. The summed E-state index contributed by atoms with van der Waals surface area (Å²) < 4.78 is 5.19.